The molecular weight excluding hydrogens is 210 g/mol. The molecule has 16 heavy (non-hydrogen) atoms. The first-order valence-electron chi connectivity index (χ1n) is 4.74. The zero-order valence-electron chi connectivity index (χ0n) is 8.90. The number of amides is 1. The highest BCUT2D eigenvalue weighted by Gasteiger charge is 2.07. The smallest absolute Gasteiger partial charge is 0.407 e. The van der Waals surface area contributed by atoms with Gasteiger partial charge in [0, 0.05) is 6.54 Å². The predicted molar refractivity (Wildman–Crippen MR) is 57.0 cm³/mol. The third kappa shape index (κ3) is 3.61. The first kappa shape index (κ1) is 12.0. The van der Waals surface area contributed by atoms with Gasteiger partial charge in [-0.2, -0.15) is 0 Å². The van der Waals surface area contributed by atoms with Gasteiger partial charge < -0.3 is 15.2 Å². The first-order valence-corrected chi connectivity index (χ1v) is 4.74. The topological polar surface area (TPSA) is 75.6 Å². The van der Waals surface area contributed by atoms with E-state index in [-0.39, 0.29) is 13.0 Å². The number of alkyl carbamates (subject to hydrolysis) is 1. The monoisotopic (exact) mass is 223 g/mol. The second-order valence-corrected chi connectivity index (χ2v) is 3.18. The van der Waals surface area contributed by atoms with Crippen LogP contribution in [-0.2, 0) is 22.5 Å². The maximum atomic E-state index is 10.9. The van der Waals surface area contributed by atoms with E-state index in [9.17, 15) is 9.59 Å². The number of hydrogen-bond acceptors (Lipinski definition) is 3. The summed E-state index contributed by atoms with van der Waals surface area (Å²) >= 11 is 0. The number of ether oxygens (including phenoxy) is 1. The van der Waals surface area contributed by atoms with Crippen LogP contribution in [0.15, 0.2) is 24.3 Å². The van der Waals surface area contributed by atoms with Gasteiger partial charge in [-0.15, -0.1) is 0 Å². The summed E-state index contributed by atoms with van der Waals surface area (Å²) in [5, 5.41) is 11.2. The molecule has 0 bridgehead atoms. The summed E-state index contributed by atoms with van der Waals surface area (Å²) in [5.74, 6) is -0.898. The number of carbonyl (C=O) groups is 2. The molecule has 86 valence electrons. The first-order chi connectivity index (χ1) is 7.63. The lowest BCUT2D eigenvalue weighted by Gasteiger charge is -2.08. The van der Waals surface area contributed by atoms with Crippen LogP contribution in [0.5, 0.6) is 0 Å². The molecule has 5 nitrogen and oxygen atoms in total. The van der Waals surface area contributed by atoms with Crippen LogP contribution in [0.4, 0.5) is 4.79 Å². The van der Waals surface area contributed by atoms with E-state index in [2.05, 4.69) is 10.1 Å². The molecule has 5 heteroatoms. The van der Waals surface area contributed by atoms with Gasteiger partial charge in [-0.1, -0.05) is 24.3 Å². The number of rotatable bonds is 4. The maximum Gasteiger partial charge on any atom is 0.407 e. The van der Waals surface area contributed by atoms with Crippen LogP contribution >= 0.6 is 0 Å². The molecule has 2 N–H and O–H groups in total. The molecule has 0 radical (unpaired) electrons. The van der Waals surface area contributed by atoms with E-state index in [4.69, 9.17) is 5.11 Å². The normalized spacial score (nSPS) is 9.56. The maximum absolute atomic E-state index is 10.9. The lowest BCUT2D eigenvalue weighted by molar-refractivity contribution is -0.136. The summed E-state index contributed by atoms with van der Waals surface area (Å²) in [6.07, 6.45) is -0.593. The molecule has 0 atom stereocenters. The van der Waals surface area contributed by atoms with Gasteiger partial charge in [-0.3, -0.25) is 4.79 Å². The molecule has 0 fully saturated rings. The van der Waals surface area contributed by atoms with Gasteiger partial charge in [-0.25, -0.2) is 4.79 Å². The second-order valence-electron chi connectivity index (χ2n) is 3.18. The lowest BCUT2D eigenvalue weighted by atomic mass is 10.0. The number of benzene rings is 1. The number of aliphatic carboxylic acids is 1. The minimum absolute atomic E-state index is 0.0565. The van der Waals surface area contributed by atoms with Crippen LogP contribution in [0.25, 0.3) is 0 Å². The van der Waals surface area contributed by atoms with Gasteiger partial charge >= 0.3 is 12.1 Å². The lowest BCUT2D eigenvalue weighted by Crippen LogP contribution is -2.23. The SMILES string of the molecule is COC(=O)NCc1ccccc1CC(=O)O. The molecule has 0 aliphatic carbocycles. The average Bonchev–Trinajstić information content (AvgIpc) is 2.26. The zero-order valence-corrected chi connectivity index (χ0v) is 8.90. The van der Waals surface area contributed by atoms with Gasteiger partial charge in [0.15, 0.2) is 0 Å². The van der Waals surface area contributed by atoms with Gasteiger partial charge in [0.2, 0.25) is 0 Å². The summed E-state index contributed by atoms with van der Waals surface area (Å²) in [4.78, 5) is 21.5. The highest BCUT2D eigenvalue weighted by molar-refractivity contribution is 5.71. The zero-order chi connectivity index (χ0) is 12.0. The Labute approximate surface area is 93.0 Å². The van der Waals surface area contributed by atoms with Crippen molar-refractivity contribution in [1.29, 1.82) is 0 Å². The van der Waals surface area contributed by atoms with E-state index in [0.29, 0.717) is 5.56 Å². The number of hydrogen-bond donors (Lipinski definition) is 2. The molecule has 0 aliphatic rings. The van der Waals surface area contributed by atoms with Gasteiger partial charge in [0.1, 0.15) is 0 Å². The van der Waals surface area contributed by atoms with Crippen molar-refractivity contribution in [3.8, 4) is 0 Å². The Hall–Kier alpha value is -2.04. The average molecular weight is 223 g/mol. The van der Waals surface area contributed by atoms with E-state index < -0.39 is 12.1 Å². The van der Waals surface area contributed by atoms with Crippen LogP contribution < -0.4 is 5.32 Å². The molecule has 1 aromatic rings. The van der Waals surface area contributed by atoms with E-state index in [1.807, 2.05) is 0 Å². The largest absolute Gasteiger partial charge is 0.481 e. The fourth-order valence-corrected chi connectivity index (χ4v) is 1.30. The molecular formula is C11H13NO4. The Morgan fingerprint density at radius 3 is 2.50 bits per heavy atom. The molecule has 0 saturated carbocycles. The van der Waals surface area contributed by atoms with Crippen LogP contribution in [0.1, 0.15) is 11.1 Å². The van der Waals surface area contributed by atoms with Crippen molar-refractivity contribution in [2.24, 2.45) is 0 Å². The second kappa shape index (κ2) is 5.75. The third-order valence-electron chi connectivity index (χ3n) is 2.07. The van der Waals surface area contributed by atoms with Crippen molar-refractivity contribution in [2.75, 3.05) is 7.11 Å². The van der Waals surface area contributed by atoms with Crippen molar-refractivity contribution in [3.05, 3.63) is 35.4 Å². The Kier molecular flexibility index (Phi) is 4.32. The fourth-order valence-electron chi connectivity index (χ4n) is 1.30. The van der Waals surface area contributed by atoms with Crippen molar-refractivity contribution in [1.82, 2.24) is 5.32 Å². The molecule has 1 aromatic carbocycles. The highest BCUT2D eigenvalue weighted by Crippen LogP contribution is 2.09. The van der Waals surface area contributed by atoms with E-state index in [1.165, 1.54) is 7.11 Å². The predicted octanol–water partition coefficient (Wildman–Crippen LogP) is 1.17. The van der Waals surface area contributed by atoms with Crippen molar-refractivity contribution < 1.29 is 19.4 Å². The fraction of sp³-hybridized carbons (Fsp3) is 0.273. The minimum atomic E-state index is -0.898. The number of nitrogens with one attached hydrogen (secondary N) is 1. The van der Waals surface area contributed by atoms with Gasteiger partial charge in [0.05, 0.1) is 13.5 Å². The van der Waals surface area contributed by atoms with Crippen molar-refractivity contribution in [2.45, 2.75) is 13.0 Å². The minimum Gasteiger partial charge on any atom is -0.481 e. The molecule has 0 saturated heterocycles. The van der Waals surface area contributed by atoms with Crippen LogP contribution in [0, 0.1) is 0 Å². The molecule has 0 heterocycles. The summed E-state index contributed by atoms with van der Waals surface area (Å²) in [6.45, 7) is 0.260. The Bertz CT molecular complexity index is 389. The number of carboxylic acid groups (broad SMARTS) is 1. The Morgan fingerprint density at radius 2 is 1.94 bits per heavy atom. The highest BCUT2D eigenvalue weighted by atomic mass is 16.5. The van der Waals surface area contributed by atoms with E-state index in [0.717, 1.165) is 5.56 Å². The summed E-state index contributed by atoms with van der Waals surface area (Å²) < 4.78 is 4.43. The molecule has 0 unspecified atom stereocenters. The Morgan fingerprint density at radius 1 is 1.31 bits per heavy atom. The van der Waals surface area contributed by atoms with E-state index in [1.54, 1.807) is 24.3 Å². The summed E-state index contributed by atoms with van der Waals surface area (Å²) in [7, 11) is 1.28. The summed E-state index contributed by atoms with van der Waals surface area (Å²) in [6, 6.07) is 7.05. The van der Waals surface area contributed by atoms with Gasteiger partial charge in [0.25, 0.3) is 0 Å². The van der Waals surface area contributed by atoms with Crippen LogP contribution in [0.3, 0.4) is 0 Å². The Balaban J connectivity index is 2.70. The van der Waals surface area contributed by atoms with Crippen molar-refractivity contribution in [3.63, 3.8) is 0 Å². The number of methoxy groups -OCH3 is 1. The number of carbonyl (C=O) groups excluding carboxylic acids is 1. The molecule has 0 aliphatic heterocycles. The third-order valence-corrected chi connectivity index (χ3v) is 2.07. The molecule has 0 aromatic heterocycles. The standard InChI is InChI=1S/C11H13NO4/c1-16-11(15)12-7-9-5-3-2-4-8(9)6-10(13)14/h2-5H,6-7H2,1H3,(H,12,15)(H,13,14). The summed E-state index contributed by atoms with van der Waals surface area (Å²) in [5.41, 5.74) is 1.46. The van der Waals surface area contributed by atoms with Gasteiger partial charge in [-0.05, 0) is 11.1 Å². The quantitative estimate of drug-likeness (QED) is 0.803. The van der Waals surface area contributed by atoms with Crippen LogP contribution in [0.2, 0.25) is 0 Å². The van der Waals surface area contributed by atoms with Crippen LogP contribution in [-0.4, -0.2) is 24.3 Å². The number of carboxylic acids is 1. The molecule has 0 spiro atoms. The molecule has 1 rings (SSSR count). The van der Waals surface area contributed by atoms with Crippen molar-refractivity contribution >= 4 is 12.1 Å². The molecule has 1 amide bonds. The van der Waals surface area contributed by atoms with E-state index >= 15 is 0 Å².